The van der Waals surface area contributed by atoms with Crippen molar-refractivity contribution < 1.29 is 19.4 Å². The van der Waals surface area contributed by atoms with Crippen molar-refractivity contribution in [2.75, 3.05) is 7.11 Å². The third kappa shape index (κ3) is 2.56. The van der Waals surface area contributed by atoms with Gasteiger partial charge in [0.1, 0.15) is 0 Å². The first-order valence-electron chi connectivity index (χ1n) is 7.40. The molecule has 4 nitrogen and oxygen atoms in total. The summed E-state index contributed by atoms with van der Waals surface area (Å²) in [6.45, 7) is 0. The minimum Gasteiger partial charge on any atom is -0.463 e. The summed E-state index contributed by atoms with van der Waals surface area (Å²) in [7, 11) is 1.32. The van der Waals surface area contributed by atoms with E-state index in [4.69, 9.17) is 9.47 Å². The molecule has 1 saturated carbocycles. The van der Waals surface area contributed by atoms with Gasteiger partial charge in [-0.25, -0.2) is 4.79 Å². The minimum absolute atomic E-state index is 0.0259. The fourth-order valence-corrected chi connectivity index (χ4v) is 3.46. The molecule has 0 radical (unpaired) electrons. The summed E-state index contributed by atoms with van der Waals surface area (Å²) < 4.78 is 10.4. The van der Waals surface area contributed by atoms with Gasteiger partial charge in [0.25, 0.3) is 0 Å². The predicted octanol–water partition coefficient (Wildman–Crippen LogP) is 2.74. The predicted molar refractivity (Wildman–Crippen MR) is 77.3 cm³/mol. The van der Waals surface area contributed by atoms with Crippen molar-refractivity contribution >= 4 is 5.97 Å². The summed E-state index contributed by atoms with van der Waals surface area (Å²) in [5.41, 5.74) is 1.09. The molecule has 3 rings (SSSR count). The summed E-state index contributed by atoms with van der Waals surface area (Å²) >= 11 is 0. The number of ether oxygens (including phenoxy) is 2. The standard InChI is InChI=1S/C17H20O4/c1-20-16(18)15-11-13(12-7-3-2-4-8-12)14-9-5-6-10-17(14,19)21-15/h2-4,7-8,11,13-14,19H,5-6,9-10H2,1H3/t13-,14+,17+/m0/s1. The summed E-state index contributed by atoms with van der Waals surface area (Å²) in [5, 5.41) is 10.9. The molecule has 1 aromatic carbocycles. The van der Waals surface area contributed by atoms with Crippen LogP contribution in [0.2, 0.25) is 0 Å². The molecule has 0 bridgehead atoms. The van der Waals surface area contributed by atoms with Crippen LogP contribution in [0.3, 0.4) is 0 Å². The zero-order chi connectivity index (χ0) is 14.9. The molecule has 2 aliphatic rings. The molecule has 112 valence electrons. The lowest BCUT2D eigenvalue weighted by Gasteiger charge is -2.46. The SMILES string of the molecule is COC(=O)C1=C[C@@H](c2ccccc2)[C@H]2CCCC[C@@]2(O)O1. The van der Waals surface area contributed by atoms with Crippen molar-refractivity contribution in [1.29, 1.82) is 0 Å². The van der Waals surface area contributed by atoms with Crippen molar-refractivity contribution in [3.8, 4) is 0 Å². The van der Waals surface area contributed by atoms with Gasteiger partial charge in [0.2, 0.25) is 11.5 Å². The molecule has 1 aliphatic carbocycles. The molecule has 3 atom stereocenters. The molecule has 0 aromatic heterocycles. The highest BCUT2D eigenvalue weighted by molar-refractivity contribution is 5.86. The van der Waals surface area contributed by atoms with Gasteiger partial charge in [-0.2, -0.15) is 0 Å². The number of fused-ring (bicyclic) bond motifs is 1. The van der Waals surface area contributed by atoms with Crippen LogP contribution in [0.1, 0.15) is 37.2 Å². The number of carbonyl (C=O) groups excluding carboxylic acids is 1. The number of carbonyl (C=O) groups is 1. The number of aliphatic hydroxyl groups is 1. The van der Waals surface area contributed by atoms with E-state index in [9.17, 15) is 9.90 Å². The Morgan fingerprint density at radius 3 is 2.81 bits per heavy atom. The Hall–Kier alpha value is -1.81. The van der Waals surface area contributed by atoms with Gasteiger partial charge in [0, 0.05) is 18.3 Å². The van der Waals surface area contributed by atoms with Crippen molar-refractivity contribution in [2.45, 2.75) is 37.4 Å². The maximum atomic E-state index is 11.8. The van der Waals surface area contributed by atoms with Gasteiger partial charge in [-0.15, -0.1) is 0 Å². The molecule has 1 fully saturated rings. The number of allylic oxidation sites excluding steroid dienone is 1. The van der Waals surface area contributed by atoms with Crippen LogP contribution in [0, 0.1) is 5.92 Å². The van der Waals surface area contributed by atoms with E-state index in [-0.39, 0.29) is 17.6 Å². The van der Waals surface area contributed by atoms with Gasteiger partial charge in [-0.3, -0.25) is 0 Å². The molecular weight excluding hydrogens is 268 g/mol. The Morgan fingerprint density at radius 1 is 1.33 bits per heavy atom. The molecule has 0 spiro atoms. The summed E-state index contributed by atoms with van der Waals surface area (Å²) in [6, 6.07) is 9.95. The first-order chi connectivity index (χ1) is 10.1. The molecule has 0 unspecified atom stereocenters. The van der Waals surface area contributed by atoms with E-state index in [1.165, 1.54) is 7.11 Å². The third-order valence-electron chi connectivity index (χ3n) is 4.50. The summed E-state index contributed by atoms with van der Waals surface area (Å²) in [5.74, 6) is -1.74. The highest BCUT2D eigenvalue weighted by atomic mass is 16.6. The molecule has 4 heteroatoms. The average molecular weight is 288 g/mol. The van der Waals surface area contributed by atoms with Crippen LogP contribution < -0.4 is 0 Å². The number of hydrogen-bond acceptors (Lipinski definition) is 4. The number of rotatable bonds is 2. The monoisotopic (exact) mass is 288 g/mol. The molecule has 0 amide bonds. The van der Waals surface area contributed by atoms with Crippen molar-refractivity contribution in [1.82, 2.24) is 0 Å². The van der Waals surface area contributed by atoms with E-state index in [0.717, 1.165) is 24.8 Å². The van der Waals surface area contributed by atoms with Crippen LogP contribution in [0.4, 0.5) is 0 Å². The van der Waals surface area contributed by atoms with Gasteiger partial charge in [-0.05, 0) is 24.5 Å². The molecule has 21 heavy (non-hydrogen) atoms. The molecule has 1 aliphatic heterocycles. The highest BCUT2D eigenvalue weighted by Gasteiger charge is 2.49. The van der Waals surface area contributed by atoms with E-state index in [1.54, 1.807) is 6.08 Å². The molecule has 1 aromatic rings. The Bertz CT molecular complexity index is 551. The lowest BCUT2D eigenvalue weighted by molar-refractivity contribution is -0.243. The van der Waals surface area contributed by atoms with E-state index in [1.807, 2.05) is 30.3 Å². The van der Waals surface area contributed by atoms with E-state index in [2.05, 4.69) is 0 Å². The van der Waals surface area contributed by atoms with E-state index >= 15 is 0 Å². The zero-order valence-electron chi connectivity index (χ0n) is 12.1. The first kappa shape index (κ1) is 14.1. The fourth-order valence-electron chi connectivity index (χ4n) is 3.46. The normalized spacial score (nSPS) is 31.6. The molecule has 1 heterocycles. The average Bonchev–Trinajstić information content (AvgIpc) is 2.53. The van der Waals surface area contributed by atoms with E-state index in [0.29, 0.717) is 6.42 Å². The Morgan fingerprint density at radius 2 is 2.10 bits per heavy atom. The number of methoxy groups -OCH3 is 1. The van der Waals surface area contributed by atoms with E-state index < -0.39 is 11.8 Å². The van der Waals surface area contributed by atoms with Crippen LogP contribution in [0.5, 0.6) is 0 Å². The summed E-state index contributed by atoms with van der Waals surface area (Å²) in [4.78, 5) is 11.8. The minimum atomic E-state index is -1.27. The molecule has 1 N–H and O–H groups in total. The van der Waals surface area contributed by atoms with Crippen LogP contribution in [-0.2, 0) is 14.3 Å². The van der Waals surface area contributed by atoms with Crippen LogP contribution in [0.25, 0.3) is 0 Å². The van der Waals surface area contributed by atoms with Gasteiger partial charge < -0.3 is 14.6 Å². The topological polar surface area (TPSA) is 55.8 Å². The van der Waals surface area contributed by atoms with Crippen LogP contribution in [0.15, 0.2) is 42.2 Å². The Balaban J connectivity index is 2.03. The second-order valence-corrected chi connectivity index (χ2v) is 5.76. The number of esters is 1. The lowest BCUT2D eigenvalue weighted by atomic mass is 9.71. The van der Waals surface area contributed by atoms with Crippen molar-refractivity contribution in [3.63, 3.8) is 0 Å². The van der Waals surface area contributed by atoms with Crippen LogP contribution >= 0.6 is 0 Å². The second kappa shape index (κ2) is 5.53. The maximum absolute atomic E-state index is 11.8. The fraction of sp³-hybridized carbons (Fsp3) is 0.471. The summed E-state index contributed by atoms with van der Waals surface area (Å²) in [6.07, 6.45) is 5.21. The first-order valence-corrected chi connectivity index (χ1v) is 7.40. The van der Waals surface area contributed by atoms with Gasteiger partial charge in [0.15, 0.2) is 0 Å². The second-order valence-electron chi connectivity index (χ2n) is 5.76. The third-order valence-corrected chi connectivity index (χ3v) is 4.50. The zero-order valence-corrected chi connectivity index (χ0v) is 12.1. The highest BCUT2D eigenvalue weighted by Crippen LogP contribution is 2.48. The lowest BCUT2D eigenvalue weighted by Crippen LogP contribution is -2.48. The Kier molecular flexibility index (Phi) is 3.72. The Labute approximate surface area is 124 Å². The van der Waals surface area contributed by atoms with Gasteiger partial charge in [-0.1, -0.05) is 36.8 Å². The molecular formula is C17H20O4. The van der Waals surface area contributed by atoms with Gasteiger partial charge >= 0.3 is 5.97 Å². The van der Waals surface area contributed by atoms with Crippen molar-refractivity contribution in [2.24, 2.45) is 5.92 Å². The number of hydrogen-bond donors (Lipinski definition) is 1. The van der Waals surface area contributed by atoms with Gasteiger partial charge in [0.05, 0.1) is 7.11 Å². The number of benzene rings is 1. The van der Waals surface area contributed by atoms with Crippen LogP contribution in [-0.4, -0.2) is 24.0 Å². The molecule has 0 saturated heterocycles. The quantitative estimate of drug-likeness (QED) is 0.850. The smallest absolute Gasteiger partial charge is 0.373 e. The largest absolute Gasteiger partial charge is 0.463 e. The van der Waals surface area contributed by atoms with Crippen molar-refractivity contribution in [3.05, 3.63) is 47.7 Å². The maximum Gasteiger partial charge on any atom is 0.373 e.